The van der Waals surface area contributed by atoms with Gasteiger partial charge in [-0.25, -0.2) is 4.79 Å². The summed E-state index contributed by atoms with van der Waals surface area (Å²) in [7, 11) is 0.939. The van der Waals surface area contributed by atoms with Crippen LogP contribution in [0, 0.1) is 11.8 Å². The Bertz CT molecular complexity index is 1020. The molecule has 1 aromatic rings. The molecular formula is C28H40O6Si. The van der Waals surface area contributed by atoms with Crippen molar-refractivity contribution >= 4 is 14.3 Å². The van der Waals surface area contributed by atoms with Crippen molar-refractivity contribution in [1.29, 1.82) is 0 Å². The molecule has 0 spiro atoms. The van der Waals surface area contributed by atoms with Crippen LogP contribution in [0.15, 0.2) is 42.0 Å². The fourth-order valence-corrected chi connectivity index (χ4v) is 6.95. The molecule has 1 aromatic carbocycles. The van der Waals surface area contributed by atoms with E-state index in [1.165, 1.54) is 0 Å². The minimum atomic E-state index is -2.17. The second-order valence-corrected chi connectivity index (χ2v) is 16.4. The monoisotopic (exact) mass is 500 g/mol. The van der Waals surface area contributed by atoms with Gasteiger partial charge in [-0.2, -0.15) is 0 Å². The van der Waals surface area contributed by atoms with Gasteiger partial charge in [-0.05, 0) is 79.4 Å². The Morgan fingerprint density at radius 2 is 1.83 bits per heavy atom. The Hall–Kier alpha value is -2.09. The molecule has 0 amide bonds. The molecule has 0 radical (unpaired) electrons. The molecule has 6 nitrogen and oxygen atoms in total. The highest BCUT2D eigenvalue weighted by molar-refractivity contribution is 6.74. The van der Waals surface area contributed by atoms with Crippen LogP contribution in [-0.2, 0) is 9.16 Å². The molecule has 1 N–H and O–H groups in total. The Balaban J connectivity index is 1.62. The second-order valence-electron chi connectivity index (χ2n) is 11.6. The highest BCUT2D eigenvalue weighted by atomic mass is 28.4. The maximum absolute atomic E-state index is 13.3. The zero-order chi connectivity index (χ0) is 25.6. The number of methoxy groups -OCH3 is 2. The lowest BCUT2D eigenvalue weighted by Crippen LogP contribution is -2.58. The number of hydrogen-bond donors (Lipinski definition) is 1. The number of rotatable bonds is 6. The van der Waals surface area contributed by atoms with Crippen molar-refractivity contribution in [2.45, 2.75) is 82.4 Å². The summed E-state index contributed by atoms with van der Waals surface area (Å²) in [6.07, 6.45) is 8.56. The molecule has 3 aliphatic carbocycles. The van der Waals surface area contributed by atoms with Crippen molar-refractivity contribution in [3.8, 4) is 11.5 Å². The van der Waals surface area contributed by atoms with Crippen LogP contribution in [0.1, 0.15) is 56.8 Å². The van der Waals surface area contributed by atoms with Gasteiger partial charge in [0.2, 0.25) is 0 Å². The zero-order valence-electron chi connectivity index (χ0n) is 22.1. The topological polar surface area (TPSA) is 74.2 Å². The molecule has 0 saturated heterocycles. The Kier molecular flexibility index (Phi) is 6.99. The Labute approximate surface area is 210 Å². The fourth-order valence-electron chi connectivity index (χ4n) is 5.59. The number of esters is 1. The molecule has 1 fully saturated rings. The molecule has 4 rings (SSSR count). The van der Waals surface area contributed by atoms with E-state index in [1.807, 2.05) is 0 Å². The zero-order valence-corrected chi connectivity index (χ0v) is 23.1. The minimum absolute atomic E-state index is 0.0132. The van der Waals surface area contributed by atoms with Crippen molar-refractivity contribution in [1.82, 2.24) is 0 Å². The summed E-state index contributed by atoms with van der Waals surface area (Å²) in [6, 6.07) is 5.06. The smallest absolute Gasteiger partial charge is 0.338 e. The summed E-state index contributed by atoms with van der Waals surface area (Å²) in [5.41, 5.74) is 0.613. The molecule has 3 aliphatic rings. The van der Waals surface area contributed by atoms with E-state index in [1.54, 1.807) is 32.4 Å². The SMILES string of the molecule is COc1ccc(C(=O)O[C@H]2CC[C@H]3[C@H](CC=C4C=CC[C@@]43O)[C@H]2O[Si](C)(C)C(C)(C)C)cc1OC. The average molecular weight is 501 g/mol. The third kappa shape index (κ3) is 4.70. The number of aliphatic hydroxyl groups is 1. The van der Waals surface area contributed by atoms with Crippen LogP contribution in [0.25, 0.3) is 0 Å². The highest BCUT2D eigenvalue weighted by Crippen LogP contribution is 2.53. The number of carbonyl (C=O) groups is 1. The first-order chi connectivity index (χ1) is 16.4. The lowest BCUT2D eigenvalue weighted by molar-refractivity contribution is -0.116. The van der Waals surface area contributed by atoms with Gasteiger partial charge in [-0.3, -0.25) is 0 Å². The molecule has 0 aliphatic heterocycles. The average Bonchev–Trinajstić information content (AvgIpc) is 3.20. The van der Waals surface area contributed by atoms with Gasteiger partial charge in [0.1, 0.15) is 6.10 Å². The van der Waals surface area contributed by atoms with Gasteiger partial charge in [0.15, 0.2) is 19.8 Å². The van der Waals surface area contributed by atoms with Crippen molar-refractivity contribution < 1.29 is 28.5 Å². The van der Waals surface area contributed by atoms with Gasteiger partial charge >= 0.3 is 5.97 Å². The normalized spacial score (nSPS) is 30.2. The van der Waals surface area contributed by atoms with E-state index in [9.17, 15) is 9.90 Å². The Morgan fingerprint density at radius 1 is 1.11 bits per heavy atom. The van der Waals surface area contributed by atoms with Crippen LogP contribution in [-0.4, -0.2) is 51.4 Å². The van der Waals surface area contributed by atoms with Crippen molar-refractivity contribution in [2.75, 3.05) is 14.2 Å². The molecule has 35 heavy (non-hydrogen) atoms. The molecule has 0 aromatic heterocycles. The number of benzene rings is 1. The minimum Gasteiger partial charge on any atom is -0.493 e. The molecule has 0 unspecified atom stereocenters. The van der Waals surface area contributed by atoms with E-state index in [0.717, 1.165) is 18.4 Å². The van der Waals surface area contributed by atoms with Crippen LogP contribution in [0.2, 0.25) is 18.1 Å². The number of carbonyl (C=O) groups excluding carboxylic acids is 1. The van der Waals surface area contributed by atoms with Crippen molar-refractivity contribution in [2.24, 2.45) is 11.8 Å². The van der Waals surface area contributed by atoms with Gasteiger partial charge in [0.05, 0.1) is 31.5 Å². The van der Waals surface area contributed by atoms with Gasteiger partial charge in [-0.15, -0.1) is 0 Å². The van der Waals surface area contributed by atoms with Gasteiger partial charge in [0.25, 0.3) is 0 Å². The largest absolute Gasteiger partial charge is 0.493 e. The van der Waals surface area contributed by atoms with E-state index in [-0.39, 0.29) is 29.1 Å². The lowest BCUT2D eigenvalue weighted by Gasteiger charge is -2.52. The van der Waals surface area contributed by atoms with Crippen molar-refractivity contribution in [3.63, 3.8) is 0 Å². The molecular weight excluding hydrogens is 460 g/mol. The predicted molar refractivity (Wildman–Crippen MR) is 138 cm³/mol. The van der Waals surface area contributed by atoms with Gasteiger partial charge < -0.3 is 23.7 Å². The first kappa shape index (κ1) is 26.0. The van der Waals surface area contributed by atoms with E-state index >= 15 is 0 Å². The van der Waals surface area contributed by atoms with Crippen LogP contribution in [0.3, 0.4) is 0 Å². The molecule has 192 valence electrons. The quantitative estimate of drug-likeness (QED) is 0.401. The molecule has 0 bridgehead atoms. The summed E-state index contributed by atoms with van der Waals surface area (Å²) < 4.78 is 23.8. The fraction of sp³-hybridized carbons (Fsp3) is 0.607. The molecule has 7 heteroatoms. The van der Waals surface area contributed by atoms with Crippen LogP contribution in [0.5, 0.6) is 11.5 Å². The van der Waals surface area contributed by atoms with Crippen LogP contribution in [0.4, 0.5) is 0 Å². The summed E-state index contributed by atoms with van der Waals surface area (Å²) in [4.78, 5) is 13.3. The summed E-state index contributed by atoms with van der Waals surface area (Å²) in [5, 5.41) is 11.6. The van der Waals surface area contributed by atoms with E-state index < -0.39 is 19.9 Å². The second kappa shape index (κ2) is 9.41. The summed E-state index contributed by atoms with van der Waals surface area (Å²) in [5.74, 6) is 0.831. The Morgan fingerprint density at radius 3 is 2.49 bits per heavy atom. The van der Waals surface area contributed by atoms with Crippen molar-refractivity contribution in [3.05, 3.63) is 47.6 Å². The van der Waals surface area contributed by atoms with E-state index in [2.05, 4.69) is 52.1 Å². The van der Waals surface area contributed by atoms with E-state index in [0.29, 0.717) is 29.9 Å². The third-order valence-corrected chi connectivity index (χ3v) is 13.1. The molecule has 5 atom stereocenters. The first-order valence-corrected chi connectivity index (χ1v) is 15.5. The summed E-state index contributed by atoms with van der Waals surface area (Å²) >= 11 is 0. The van der Waals surface area contributed by atoms with Crippen LogP contribution >= 0.6 is 0 Å². The lowest BCUT2D eigenvalue weighted by atomic mass is 9.62. The van der Waals surface area contributed by atoms with E-state index in [4.69, 9.17) is 18.6 Å². The molecule has 0 heterocycles. The predicted octanol–water partition coefficient (Wildman–Crippen LogP) is 5.67. The number of allylic oxidation sites excluding steroid dienone is 1. The first-order valence-electron chi connectivity index (χ1n) is 12.6. The third-order valence-electron chi connectivity index (χ3n) is 8.63. The highest BCUT2D eigenvalue weighted by Gasteiger charge is 2.55. The summed E-state index contributed by atoms with van der Waals surface area (Å²) in [6.45, 7) is 11.1. The maximum Gasteiger partial charge on any atom is 0.338 e. The number of hydrogen-bond acceptors (Lipinski definition) is 6. The number of ether oxygens (including phenoxy) is 3. The molecule has 1 saturated carbocycles. The van der Waals surface area contributed by atoms with Gasteiger partial charge in [-0.1, -0.05) is 39.0 Å². The standard InChI is InChI=1S/C28H40O6Si/c1-27(2,3)35(6,7)34-25-20-12-11-19-9-8-16-28(19,30)21(20)13-15-23(25)33-26(29)18-10-14-22(31-4)24(17-18)32-5/h8-11,14,17,20-21,23,25,30H,12-13,15-16H2,1-7H3/t20-,21-,23-,25+,28+/m0/s1. The maximum atomic E-state index is 13.3. The van der Waals surface area contributed by atoms with Gasteiger partial charge in [0, 0.05) is 0 Å². The number of fused-ring (bicyclic) bond motifs is 3. The van der Waals surface area contributed by atoms with Crippen LogP contribution < -0.4 is 9.47 Å².